The molecule has 1 fully saturated rings. The molecule has 1 aliphatic rings. The number of ketones is 1. The lowest BCUT2D eigenvalue weighted by Crippen LogP contribution is -2.44. The summed E-state index contributed by atoms with van der Waals surface area (Å²) in [5.74, 6) is 0.0196. The third-order valence-electron chi connectivity index (χ3n) is 2.07. The van der Waals surface area contributed by atoms with Gasteiger partial charge in [-0.05, 0) is 0 Å². The summed E-state index contributed by atoms with van der Waals surface area (Å²) in [5, 5.41) is 0. The molecule has 0 saturated carbocycles. The summed E-state index contributed by atoms with van der Waals surface area (Å²) in [7, 11) is 0. The van der Waals surface area contributed by atoms with Crippen LogP contribution < -0.4 is 0 Å². The second-order valence-corrected chi connectivity index (χ2v) is 3.49. The summed E-state index contributed by atoms with van der Waals surface area (Å²) in [6, 6.07) is 0. The number of carbonyl (C=O) groups excluding carboxylic acids is 2. The number of carbonyl (C=O) groups is 2. The Morgan fingerprint density at radius 3 is 2.53 bits per heavy atom. The van der Waals surface area contributed by atoms with Crippen molar-refractivity contribution >= 4 is 11.7 Å². The van der Waals surface area contributed by atoms with E-state index in [9.17, 15) is 9.59 Å². The number of Topliss-reactive ketones (excluding diaryl/α,β-unsaturated/α-hetero) is 1. The third-order valence-corrected chi connectivity index (χ3v) is 2.07. The number of amides is 1. The van der Waals surface area contributed by atoms with Gasteiger partial charge in [-0.15, -0.1) is 0 Å². The van der Waals surface area contributed by atoms with Crippen molar-refractivity contribution in [1.29, 1.82) is 0 Å². The van der Waals surface area contributed by atoms with Gasteiger partial charge in [-0.25, -0.2) is 0 Å². The SMILES string of the molecule is CC.CC(C)C(=O)CN1CCOCC1=O. The van der Waals surface area contributed by atoms with Gasteiger partial charge in [-0.2, -0.15) is 0 Å². The molecule has 0 aromatic heterocycles. The zero-order chi connectivity index (χ0) is 11.8. The van der Waals surface area contributed by atoms with E-state index in [1.54, 1.807) is 4.90 Å². The van der Waals surface area contributed by atoms with Crippen LogP contribution in [0.25, 0.3) is 0 Å². The summed E-state index contributed by atoms with van der Waals surface area (Å²) in [6.45, 7) is 9.11. The normalized spacial score (nSPS) is 16.1. The largest absolute Gasteiger partial charge is 0.370 e. The smallest absolute Gasteiger partial charge is 0.249 e. The fourth-order valence-electron chi connectivity index (χ4n) is 1.09. The molecule has 0 bridgehead atoms. The van der Waals surface area contributed by atoms with E-state index in [1.807, 2.05) is 27.7 Å². The molecule has 4 nitrogen and oxygen atoms in total. The maximum atomic E-state index is 11.3. The molecule has 4 heteroatoms. The molecular formula is C11H21NO3. The minimum Gasteiger partial charge on any atom is -0.370 e. The molecule has 0 radical (unpaired) electrons. The van der Waals surface area contributed by atoms with Crippen molar-refractivity contribution in [1.82, 2.24) is 4.90 Å². The zero-order valence-electron chi connectivity index (χ0n) is 10.1. The number of hydrogen-bond donors (Lipinski definition) is 0. The van der Waals surface area contributed by atoms with Crippen molar-refractivity contribution in [3.63, 3.8) is 0 Å². The van der Waals surface area contributed by atoms with E-state index in [2.05, 4.69) is 0 Å². The van der Waals surface area contributed by atoms with Crippen LogP contribution >= 0.6 is 0 Å². The molecule has 0 N–H and O–H groups in total. The van der Waals surface area contributed by atoms with E-state index in [-0.39, 0.29) is 30.8 Å². The number of hydrogen-bond acceptors (Lipinski definition) is 3. The second kappa shape index (κ2) is 7.40. The second-order valence-electron chi connectivity index (χ2n) is 3.49. The van der Waals surface area contributed by atoms with Crippen LogP contribution in [0, 0.1) is 5.92 Å². The van der Waals surface area contributed by atoms with Crippen molar-refractivity contribution in [3.05, 3.63) is 0 Å². The van der Waals surface area contributed by atoms with Gasteiger partial charge in [0.05, 0.1) is 13.2 Å². The Morgan fingerprint density at radius 2 is 2.07 bits per heavy atom. The van der Waals surface area contributed by atoms with E-state index in [0.717, 1.165) is 0 Å². The Balaban J connectivity index is 0.000000921. The molecule has 0 atom stereocenters. The van der Waals surface area contributed by atoms with Gasteiger partial charge in [0, 0.05) is 12.5 Å². The minimum absolute atomic E-state index is 0.00403. The summed E-state index contributed by atoms with van der Waals surface area (Å²) in [4.78, 5) is 24.1. The molecule has 0 aromatic rings. The van der Waals surface area contributed by atoms with Gasteiger partial charge in [0.2, 0.25) is 5.91 Å². The molecule has 1 amide bonds. The van der Waals surface area contributed by atoms with Crippen molar-refractivity contribution in [2.75, 3.05) is 26.3 Å². The molecule has 0 aliphatic carbocycles. The van der Waals surface area contributed by atoms with Gasteiger partial charge in [-0.1, -0.05) is 27.7 Å². The van der Waals surface area contributed by atoms with Gasteiger partial charge in [0.15, 0.2) is 5.78 Å². The monoisotopic (exact) mass is 215 g/mol. The van der Waals surface area contributed by atoms with Gasteiger partial charge in [0.25, 0.3) is 0 Å². The van der Waals surface area contributed by atoms with Crippen LogP contribution in [-0.2, 0) is 14.3 Å². The Hall–Kier alpha value is -0.900. The van der Waals surface area contributed by atoms with Crippen LogP contribution in [0.3, 0.4) is 0 Å². The van der Waals surface area contributed by atoms with Crippen LogP contribution in [0.2, 0.25) is 0 Å². The highest BCUT2D eigenvalue weighted by Crippen LogP contribution is 2.02. The molecule has 0 spiro atoms. The molecule has 1 saturated heterocycles. The molecule has 1 aliphatic heterocycles. The first-order valence-corrected chi connectivity index (χ1v) is 5.49. The third kappa shape index (κ3) is 4.93. The average molecular weight is 215 g/mol. The molecule has 0 aromatic carbocycles. The van der Waals surface area contributed by atoms with Gasteiger partial charge < -0.3 is 9.64 Å². The maximum absolute atomic E-state index is 11.3. The fraction of sp³-hybridized carbons (Fsp3) is 0.818. The zero-order valence-corrected chi connectivity index (χ0v) is 10.1. The summed E-state index contributed by atoms with van der Waals surface area (Å²) >= 11 is 0. The Kier molecular flexibility index (Phi) is 6.96. The Morgan fingerprint density at radius 1 is 1.47 bits per heavy atom. The molecular weight excluding hydrogens is 194 g/mol. The van der Waals surface area contributed by atoms with Gasteiger partial charge in [-0.3, -0.25) is 9.59 Å². The maximum Gasteiger partial charge on any atom is 0.249 e. The molecule has 15 heavy (non-hydrogen) atoms. The quantitative estimate of drug-likeness (QED) is 0.708. The minimum atomic E-state index is -0.0831. The van der Waals surface area contributed by atoms with Gasteiger partial charge in [0.1, 0.15) is 6.61 Å². The van der Waals surface area contributed by atoms with Crippen molar-refractivity contribution in [2.45, 2.75) is 27.7 Å². The first-order chi connectivity index (χ1) is 7.11. The van der Waals surface area contributed by atoms with Crippen LogP contribution in [0.15, 0.2) is 0 Å². The summed E-state index contributed by atoms with van der Waals surface area (Å²) in [5.41, 5.74) is 0. The number of rotatable bonds is 3. The van der Waals surface area contributed by atoms with Crippen molar-refractivity contribution in [2.24, 2.45) is 5.92 Å². The number of morpholine rings is 1. The fourth-order valence-corrected chi connectivity index (χ4v) is 1.09. The van der Waals surface area contributed by atoms with E-state index in [1.165, 1.54) is 0 Å². The lowest BCUT2D eigenvalue weighted by atomic mass is 10.1. The molecule has 88 valence electrons. The highest BCUT2D eigenvalue weighted by atomic mass is 16.5. The predicted octanol–water partition coefficient (Wildman–Crippen LogP) is 1.10. The van der Waals surface area contributed by atoms with Crippen LogP contribution in [-0.4, -0.2) is 42.9 Å². The van der Waals surface area contributed by atoms with E-state index >= 15 is 0 Å². The Labute approximate surface area is 91.6 Å². The first kappa shape index (κ1) is 14.1. The molecule has 1 heterocycles. The number of nitrogens with zero attached hydrogens (tertiary/aromatic N) is 1. The van der Waals surface area contributed by atoms with Crippen LogP contribution in [0.5, 0.6) is 0 Å². The van der Waals surface area contributed by atoms with Crippen molar-refractivity contribution in [3.8, 4) is 0 Å². The highest BCUT2D eigenvalue weighted by Gasteiger charge is 2.21. The number of ether oxygens (including phenoxy) is 1. The first-order valence-electron chi connectivity index (χ1n) is 5.49. The molecule has 0 unspecified atom stereocenters. The summed E-state index contributed by atoms with van der Waals surface area (Å²) < 4.78 is 4.95. The standard InChI is InChI=1S/C9H15NO3.C2H6/c1-7(2)8(11)5-10-3-4-13-6-9(10)12;1-2/h7H,3-6H2,1-2H3;1-2H3. The molecule has 1 rings (SSSR count). The van der Waals surface area contributed by atoms with E-state index < -0.39 is 0 Å². The van der Waals surface area contributed by atoms with Gasteiger partial charge >= 0.3 is 0 Å². The van der Waals surface area contributed by atoms with E-state index in [0.29, 0.717) is 13.2 Å². The Bertz CT molecular complexity index is 214. The topological polar surface area (TPSA) is 46.6 Å². The summed E-state index contributed by atoms with van der Waals surface area (Å²) in [6.07, 6.45) is 0. The lowest BCUT2D eigenvalue weighted by molar-refractivity contribution is -0.145. The van der Waals surface area contributed by atoms with Crippen LogP contribution in [0.4, 0.5) is 0 Å². The highest BCUT2D eigenvalue weighted by molar-refractivity contribution is 5.87. The predicted molar refractivity (Wildman–Crippen MR) is 58.6 cm³/mol. The van der Waals surface area contributed by atoms with E-state index in [4.69, 9.17) is 4.74 Å². The lowest BCUT2D eigenvalue weighted by Gasteiger charge is -2.26. The van der Waals surface area contributed by atoms with Crippen molar-refractivity contribution < 1.29 is 14.3 Å². The van der Waals surface area contributed by atoms with Crippen LogP contribution in [0.1, 0.15) is 27.7 Å². The average Bonchev–Trinajstić information content (AvgIpc) is 2.24.